The van der Waals surface area contributed by atoms with Crippen molar-refractivity contribution < 1.29 is 14.7 Å². The van der Waals surface area contributed by atoms with Gasteiger partial charge in [0.05, 0.1) is 6.54 Å². The molecule has 1 aromatic carbocycles. The summed E-state index contributed by atoms with van der Waals surface area (Å²) >= 11 is 0. The lowest BCUT2D eigenvalue weighted by Crippen LogP contribution is -2.40. The van der Waals surface area contributed by atoms with Crippen molar-refractivity contribution in [3.05, 3.63) is 30.3 Å². The summed E-state index contributed by atoms with van der Waals surface area (Å²) in [7, 11) is 0. The van der Waals surface area contributed by atoms with Gasteiger partial charge in [-0.2, -0.15) is 0 Å². The molecule has 6 heteroatoms. The summed E-state index contributed by atoms with van der Waals surface area (Å²) in [6.07, 6.45) is 2.79. The van der Waals surface area contributed by atoms with E-state index in [9.17, 15) is 9.59 Å². The Morgan fingerprint density at radius 2 is 1.86 bits per heavy atom. The highest BCUT2D eigenvalue weighted by molar-refractivity contribution is 5.92. The molecule has 2 rings (SSSR count). The van der Waals surface area contributed by atoms with Gasteiger partial charge in [0.1, 0.15) is 0 Å². The van der Waals surface area contributed by atoms with Crippen LogP contribution in [0, 0.1) is 5.41 Å². The number of aliphatic hydroxyl groups is 1. The standard InChI is InChI=1S/C15H21N3O3/c19-9-8-15(6-7-15)11-17-13(20)10-16-14(21)18-12-4-2-1-3-5-12/h1-5,19H,6-11H2,(H,17,20)(H2,16,18,21). The molecule has 0 heterocycles. The average Bonchev–Trinajstić information content (AvgIpc) is 3.25. The number of benzene rings is 1. The van der Waals surface area contributed by atoms with Crippen LogP contribution in [0.25, 0.3) is 0 Å². The van der Waals surface area contributed by atoms with Gasteiger partial charge in [0.15, 0.2) is 0 Å². The number of hydrogen-bond donors (Lipinski definition) is 4. The summed E-state index contributed by atoms with van der Waals surface area (Å²) in [5, 5.41) is 16.9. The molecule has 0 saturated heterocycles. The minimum absolute atomic E-state index is 0.0616. The van der Waals surface area contributed by atoms with Crippen molar-refractivity contribution in [2.24, 2.45) is 5.41 Å². The van der Waals surface area contributed by atoms with Crippen LogP contribution >= 0.6 is 0 Å². The molecular formula is C15H21N3O3. The summed E-state index contributed by atoms with van der Waals surface area (Å²) in [6, 6.07) is 8.62. The minimum Gasteiger partial charge on any atom is -0.396 e. The van der Waals surface area contributed by atoms with Crippen molar-refractivity contribution in [2.75, 3.05) is 25.0 Å². The highest BCUT2D eigenvalue weighted by Crippen LogP contribution is 2.47. The second kappa shape index (κ2) is 7.08. The fourth-order valence-electron chi connectivity index (χ4n) is 2.14. The molecule has 3 amide bonds. The SMILES string of the molecule is O=C(CNC(=O)Nc1ccccc1)NCC1(CCO)CC1. The highest BCUT2D eigenvalue weighted by atomic mass is 16.3. The summed E-state index contributed by atoms with van der Waals surface area (Å²) in [5.74, 6) is -0.220. The van der Waals surface area contributed by atoms with Gasteiger partial charge in [0.2, 0.25) is 5.91 Å². The zero-order chi connectivity index (χ0) is 15.1. The van der Waals surface area contributed by atoms with Gasteiger partial charge in [-0.05, 0) is 36.8 Å². The maximum Gasteiger partial charge on any atom is 0.319 e. The van der Waals surface area contributed by atoms with Crippen LogP contribution in [-0.4, -0.2) is 36.7 Å². The third kappa shape index (κ3) is 5.07. The van der Waals surface area contributed by atoms with E-state index < -0.39 is 6.03 Å². The van der Waals surface area contributed by atoms with Crippen molar-refractivity contribution in [3.8, 4) is 0 Å². The molecule has 1 aliphatic rings. The van der Waals surface area contributed by atoms with Gasteiger partial charge in [0.25, 0.3) is 0 Å². The van der Waals surface area contributed by atoms with Crippen LogP contribution < -0.4 is 16.0 Å². The number of carbonyl (C=O) groups excluding carboxylic acids is 2. The Kier molecular flexibility index (Phi) is 5.16. The predicted octanol–water partition coefficient (Wildman–Crippen LogP) is 1.09. The molecule has 1 aliphatic carbocycles. The monoisotopic (exact) mass is 291 g/mol. The zero-order valence-corrected chi connectivity index (χ0v) is 11.9. The predicted molar refractivity (Wildman–Crippen MR) is 79.8 cm³/mol. The molecule has 4 N–H and O–H groups in total. The largest absolute Gasteiger partial charge is 0.396 e. The Hall–Kier alpha value is -2.08. The number of hydrogen-bond acceptors (Lipinski definition) is 3. The van der Waals surface area contributed by atoms with E-state index in [2.05, 4.69) is 16.0 Å². The lowest BCUT2D eigenvalue weighted by molar-refractivity contribution is -0.120. The molecule has 0 spiro atoms. The Morgan fingerprint density at radius 3 is 2.48 bits per heavy atom. The first-order valence-electron chi connectivity index (χ1n) is 7.11. The minimum atomic E-state index is -0.409. The molecule has 0 bridgehead atoms. The van der Waals surface area contributed by atoms with Crippen LogP contribution in [0.4, 0.5) is 10.5 Å². The molecular weight excluding hydrogens is 270 g/mol. The maximum atomic E-state index is 11.7. The number of nitrogens with one attached hydrogen (secondary N) is 3. The zero-order valence-electron chi connectivity index (χ0n) is 11.9. The first kappa shape index (κ1) is 15.3. The molecule has 0 unspecified atom stereocenters. The van der Waals surface area contributed by atoms with E-state index in [1.807, 2.05) is 18.2 Å². The molecule has 0 aliphatic heterocycles. The van der Waals surface area contributed by atoms with Crippen molar-refractivity contribution in [1.82, 2.24) is 10.6 Å². The molecule has 1 aromatic rings. The topological polar surface area (TPSA) is 90.5 Å². The number of anilines is 1. The average molecular weight is 291 g/mol. The Bertz CT molecular complexity index is 486. The van der Waals surface area contributed by atoms with Crippen molar-refractivity contribution in [1.29, 1.82) is 0 Å². The van der Waals surface area contributed by atoms with Gasteiger partial charge in [-0.25, -0.2) is 4.79 Å². The number of amides is 3. The quantitative estimate of drug-likeness (QED) is 0.606. The number of rotatable bonds is 7. The summed E-state index contributed by atoms with van der Waals surface area (Å²) in [4.78, 5) is 23.3. The van der Waals surface area contributed by atoms with Gasteiger partial charge < -0.3 is 21.1 Å². The molecule has 1 saturated carbocycles. The van der Waals surface area contributed by atoms with Gasteiger partial charge in [0, 0.05) is 18.8 Å². The molecule has 1 fully saturated rings. The number of carbonyl (C=O) groups is 2. The second-order valence-electron chi connectivity index (χ2n) is 5.42. The summed E-state index contributed by atoms with van der Waals surface area (Å²) in [6.45, 7) is 0.649. The van der Waals surface area contributed by atoms with Crippen LogP contribution in [0.2, 0.25) is 0 Å². The molecule has 0 radical (unpaired) electrons. The highest BCUT2D eigenvalue weighted by Gasteiger charge is 2.41. The number of urea groups is 1. The maximum absolute atomic E-state index is 11.7. The third-order valence-electron chi connectivity index (χ3n) is 3.70. The smallest absolute Gasteiger partial charge is 0.319 e. The van der Waals surface area contributed by atoms with E-state index in [1.54, 1.807) is 12.1 Å². The fourth-order valence-corrected chi connectivity index (χ4v) is 2.14. The van der Waals surface area contributed by atoms with E-state index in [0.29, 0.717) is 12.2 Å². The lowest BCUT2D eigenvalue weighted by Gasteiger charge is -2.14. The Balaban J connectivity index is 1.63. The van der Waals surface area contributed by atoms with Crippen LogP contribution in [0.5, 0.6) is 0 Å². The van der Waals surface area contributed by atoms with Gasteiger partial charge in [-0.1, -0.05) is 18.2 Å². The lowest BCUT2D eigenvalue weighted by atomic mass is 10.0. The van der Waals surface area contributed by atoms with Crippen LogP contribution in [-0.2, 0) is 4.79 Å². The fraction of sp³-hybridized carbons (Fsp3) is 0.467. The molecule has 0 aromatic heterocycles. The number of aliphatic hydroxyl groups excluding tert-OH is 1. The Morgan fingerprint density at radius 1 is 1.14 bits per heavy atom. The van der Waals surface area contributed by atoms with Gasteiger partial charge in [-0.15, -0.1) is 0 Å². The second-order valence-corrected chi connectivity index (χ2v) is 5.42. The van der Waals surface area contributed by atoms with E-state index >= 15 is 0 Å². The van der Waals surface area contributed by atoms with E-state index in [-0.39, 0.29) is 24.5 Å². The molecule has 6 nitrogen and oxygen atoms in total. The first-order valence-corrected chi connectivity index (χ1v) is 7.11. The summed E-state index contributed by atoms with van der Waals surface area (Å²) in [5.41, 5.74) is 0.756. The third-order valence-corrected chi connectivity index (χ3v) is 3.70. The summed E-state index contributed by atoms with van der Waals surface area (Å²) < 4.78 is 0. The number of para-hydroxylation sites is 1. The van der Waals surface area contributed by atoms with Gasteiger partial charge >= 0.3 is 6.03 Å². The van der Waals surface area contributed by atoms with E-state index in [0.717, 1.165) is 19.3 Å². The normalized spacial score (nSPS) is 15.1. The van der Waals surface area contributed by atoms with Crippen molar-refractivity contribution in [2.45, 2.75) is 19.3 Å². The van der Waals surface area contributed by atoms with Crippen LogP contribution in [0.15, 0.2) is 30.3 Å². The first-order chi connectivity index (χ1) is 10.1. The molecule has 114 valence electrons. The van der Waals surface area contributed by atoms with Gasteiger partial charge in [-0.3, -0.25) is 4.79 Å². The van der Waals surface area contributed by atoms with Crippen molar-refractivity contribution in [3.63, 3.8) is 0 Å². The Labute approximate surface area is 123 Å². The molecule has 21 heavy (non-hydrogen) atoms. The van der Waals surface area contributed by atoms with Crippen LogP contribution in [0.1, 0.15) is 19.3 Å². The van der Waals surface area contributed by atoms with Crippen LogP contribution in [0.3, 0.4) is 0 Å². The van der Waals surface area contributed by atoms with E-state index in [1.165, 1.54) is 0 Å². The van der Waals surface area contributed by atoms with E-state index in [4.69, 9.17) is 5.11 Å². The van der Waals surface area contributed by atoms with Crippen molar-refractivity contribution >= 4 is 17.6 Å². The molecule has 0 atom stereocenters.